The lowest BCUT2D eigenvalue weighted by Crippen LogP contribution is -2.13. The summed E-state index contributed by atoms with van der Waals surface area (Å²) in [6.45, 7) is 0. The van der Waals surface area contributed by atoms with Crippen molar-refractivity contribution in [3.05, 3.63) is 47.8 Å². The maximum absolute atomic E-state index is 11.9. The average Bonchev–Trinajstić information content (AvgIpc) is 3.35. The second-order valence-corrected chi connectivity index (χ2v) is 6.94. The van der Waals surface area contributed by atoms with Crippen molar-refractivity contribution >= 4 is 22.9 Å². The molecule has 0 bridgehead atoms. The summed E-state index contributed by atoms with van der Waals surface area (Å²) in [6, 6.07) is 12.3. The third-order valence-electron chi connectivity index (χ3n) is 4.10. The highest BCUT2D eigenvalue weighted by Crippen LogP contribution is 2.34. The number of benzene rings is 2. The molecule has 0 spiro atoms. The molecule has 3 aromatic rings. The van der Waals surface area contributed by atoms with E-state index >= 15 is 0 Å². The van der Waals surface area contributed by atoms with Crippen LogP contribution in [-0.4, -0.2) is 21.1 Å². The van der Waals surface area contributed by atoms with Crippen LogP contribution in [0.3, 0.4) is 0 Å². The van der Waals surface area contributed by atoms with Gasteiger partial charge in [-0.2, -0.15) is 0 Å². The third kappa shape index (κ3) is 3.34. The van der Waals surface area contributed by atoms with E-state index in [2.05, 4.69) is 10.3 Å². The first kappa shape index (κ1) is 15.7. The van der Waals surface area contributed by atoms with Crippen LogP contribution >= 0.6 is 11.3 Å². The molecule has 0 saturated heterocycles. The van der Waals surface area contributed by atoms with Gasteiger partial charge in [0.1, 0.15) is 5.01 Å². The summed E-state index contributed by atoms with van der Waals surface area (Å²) in [5.41, 5.74) is 3.15. The first-order valence-corrected chi connectivity index (χ1v) is 8.87. The van der Waals surface area contributed by atoms with E-state index in [1.165, 1.54) is 23.5 Å². The monoisotopic (exact) mass is 352 g/mol. The minimum Gasteiger partial charge on any atom is -0.504 e. The Morgan fingerprint density at radius 2 is 1.92 bits per heavy atom. The van der Waals surface area contributed by atoms with Crippen LogP contribution < -0.4 is 5.32 Å². The third-order valence-corrected chi connectivity index (χ3v) is 4.99. The van der Waals surface area contributed by atoms with Gasteiger partial charge in [0.2, 0.25) is 5.91 Å². The topological polar surface area (TPSA) is 82.5 Å². The first-order valence-electron chi connectivity index (χ1n) is 7.99. The van der Waals surface area contributed by atoms with Crippen molar-refractivity contribution < 1.29 is 15.0 Å². The zero-order valence-corrected chi connectivity index (χ0v) is 14.1. The molecule has 126 valence electrons. The van der Waals surface area contributed by atoms with E-state index in [0.29, 0.717) is 0 Å². The highest BCUT2D eigenvalue weighted by atomic mass is 32.1. The summed E-state index contributed by atoms with van der Waals surface area (Å²) in [5, 5.41) is 24.7. The van der Waals surface area contributed by atoms with Crippen LogP contribution in [0.2, 0.25) is 0 Å². The molecule has 0 radical (unpaired) electrons. The number of hydrogen-bond donors (Lipinski definition) is 3. The van der Waals surface area contributed by atoms with Crippen LogP contribution in [-0.2, 0) is 4.79 Å². The second-order valence-electron chi connectivity index (χ2n) is 6.09. The highest BCUT2D eigenvalue weighted by Gasteiger charge is 2.29. The van der Waals surface area contributed by atoms with E-state index in [0.717, 1.165) is 40.4 Å². The Morgan fingerprint density at radius 3 is 2.68 bits per heavy atom. The van der Waals surface area contributed by atoms with E-state index < -0.39 is 0 Å². The molecule has 1 amide bonds. The van der Waals surface area contributed by atoms with Gasteiger partial charge < -0.3 is 15.5 Å². The van der Waals surface area contributed by atoms with Crippen molar-refractivity contribution in [3.8, 4) is 33.3 Å². The lowest BCUT2D eigenvalue weighted by Gasteiger charge is -2.05. The normalized spacial score (nSPS) is 13.6. The summed E-state index contributed by atoms with van der Waals surface area (Å²) in [6.07, 6.45) is 1.95. The van der Waals surface area contributed by atoms with Crippen molar-refractivity contribution in [1.29, 1.82) is 0 Å². The average molecular weight is 352 g/mol. The van der Waals surface area contributed by atoms with Crippen molar-refractivity contribution in [2.24, 2.45) is 5.92 Å². The predicted octanol–water partition coefficient (Wildman–Crippen LogP) is 4.24. The maximum atomic E-state index is 11.9. The van der Waals surface area contributed by atoms with Crippen molar-refractivity contribution in [2.45, 2.75) is 12.8 Å². The van der Waals surface area contributed by atoms with Crippen molar-refractivity contribution in [1.82, 2.24) is 4.98 Å². The Balaban J connectivity index is 1.59. The summed E-state index contributed by atoms with van der Waals surface area (Å²) in [7, 11) is 0. The van der Waals surface area contributed by atoms with Gasteiger partial charge in [-0.25, -0.2) is 4.98 Å². The van der Waals surface area contributed by atoms with Crippen LogP contribution in [0.5, 0.6) is 11.5 Å². The molecule has 0 atom stereocenters. The number of carbonyl (C=O) groups is 1. The van der Waals surface area contributed by atoms with Crippen LogP contribution in [0.4, 0.5) is 5.69 Å². The number of phenolic OH excluding ortho intramolecular Hbond substituents is 2. The number of hydrogen-bond acceptors (Lipinski definition) is 5. The van der Waals surface area contributed by atoms with Crippen LogP contribution in [0.15, 0.2) is 47.8 Å². The zero-order valence-electron chi connectivity index (χ0n) is 13.3. The number of thiazole rings is 1. The first-order chi connectivity index (χ1) is 12.1. The van der Waals surface area contributed by atoms with Gasteiger partial charge in [-0.15, -0.1) is 11.3 Å². The number of rotatable bonds is 4. The molecule has 1 heterocycles. The number of phenols is 2. The van der Waals surface area contributed by atoms with Crippen molar-refractivity contribution in [2.75, 3.05) is 5.32 Å². The highest BCUT2D eigenvalue weighted by molar-refractivity contribution is 7.13. The van der Waals surface area contributed by atoms with Gasteiger partial charge in [-0.05, 0) is 43.2 Å². The van der Waals surface area contributed by atoms with Gasteiger partial charge in [0.15, 0.2) is 11.5 Å². The van der Waals surface area contributed by atoms with E-state index in [1.54, 1.807) is 6.07 Å². The fourth-order valence-electron chi connectivity index (χ4n) is 2.54. The molecule has 5 nitrogen and oxygen atoms in total. The quantitative estimate of drug-likeness (QED) is 0.614. The Hall–Kier alpha value is -2.86. The molecule has 1 saturated carbocycles. The molecule has 1 fully saturated rings. The van der Waals surface area contributed by atoms with Gasteiger partial charge in [0, 0.05) is 28.1 Å². The minimum atomic E-state index is -0.170. The van der Waals surface area contributed by atoms with E-state index in [1.807, 2.05) is 29.6 Å². The number of nitrogens with zero attached hydrogens (tertiary/aromatic N) is 1. The molecule has 25 heavy (non-hydrogen) atoms. The Morgan fingerprint density at radius 1 is 1.08 bits per heavy atom. The molecule has 3 N–H and O–H groups in total. The molecule has 0 unspecified atom stereocenters. The SMILES string of the molecule is O=C(Nc1cccc(-c2nc(-c3ccc(O)c(O)c3)cs2)c1)C1CC1. The number of aromatic nitrogens is 1. The molecule has 1 aliphatic carbocycles. The standard InChI is InChI=1S/C19H16N2O3S/c22-16-7-6-12(9-17(16)23)15-10-25-19(21-15)13-2-1-3-14(8-13)20-18(24)11-4-5-11/h1-3,6-11,22-23H,4-5H2,(H,20,24). The smallest absolute Gasteiger partial charge is 0.227 e. The van der Waals surface area contributed by atoms with Gasteiger partial charge in [-0.1, -0.05) is 12.1 Å². The van der Waals surface area contributed by atoms with Crippen molar-refractivity contribution in [3.63, 3.8) is 0 Å². The largest absolute Gasteiger partial charge is 0.504 e. The molecule has 6 heteroatoms. The number of amides is 1. The van der Waals surface area contributed by atoms with Gasteiger partial charge in [-0.3, -0.25) is 4.79 Å². The number of carbonyl (C=O) groups excluding carboxylic acids is 1. The van der Waals surface area contributed by atoms with E-state index in [9.17, 15) is 15.0 Å². The Bertz CT molecular complexity index is 947. The Labute approximate surface area is 148 Å². The molecule has 2 aromatic carbocycles. The van der Waals surface area contributed by atoms with Gasteiger partial charge in [0.05, 0.1) is 5.69 Å². The maximum Gasteiger partial charge on any atom is 0.227 e. The fourth-order valence-corrected chi connectivity index (χ4v) is 3.37. The summed E-state index contributed by atoms with van der Waals surface area (Å²) < 4.78 is 0. The molecular formula is C19H16N2O3S. The Kier molecular flexibility index (Phi) is 3.89. The predicted molar refractivity (Wildman–Crippen MR) is 97.7 cm³/mol. The molecule has 4 rings (SSSR count). The minimum absolute atomic E-state index is 0.0801. The van der Waals surface area contributed by atoms with Crippen LogP contribution in [0, 0.1) is 5.92 Å². The summed E-state index contributed by atoms with van der Waals surface area (Å²) in [4.78, 5) is 16.5. The molecule has 0 aliphatic heterocycles. The van der Waals surface area contributed by atoms with Crippen LogP contribution in [0.1, 0.15) is 12.8 Å². The summed E-state index contributed by atoms with van der Waals surface area (Å²) in [5.74, 6) is -0.0796. The number of nitrogens with one attached hydrogen (secondary N) is 1. The number of aromatic hydroxyl groups is 2. The molecular weight excluding hydrogens is 336 g/mol. The van der Waals surface area contributed by atoms with Crippen LogP contribution in [0.25, 0.3) is 21.8 Å². The lowest BCUT2D eigenvalue weighted by molar-refractivity contribution is -0.117. The zero-order chi connectivity index (χ0) is 17.4. The van der Waals surface area contributed by atoms with Gasteiger partial charge >= 0.3 is 0 Å². The number of anilines is 1. The molecule has 1 aliphatic rings. The lowest BCUT2D eigenvalue weighted by atomic mass is 10.1. The van der Waals surface area contributed by atoms with E-state index in [4.69, 9.17) is 0 Å². The fraction of sp³-hybridized carbons (Fsp3) is 0.158. The molecule has 1 aromatic heterocycles. The second kappa shape index (κ2) is 6.22. The van der Waals surface area contributed by atoms with Gasteiger partial charge in [0.25, 0.3) is 0 Å². The summed E-state index contributed by atoms with van der Waals surface area (Å²) >= 11 is 1.49. The van der Waals surface area contributed by atoms with E-state index in [-0.39, 0.29) is 23.3 Å².